The van der Waals surface area contributed by atoms with Crippen LogP contribution in [0, 0.1) is 5.92 Å². The molecule has 0 aliphatic carbocycles. The van der Waals surface area contributed by atoms with Gasteiger partial charge < -0.3 is 19.5 Å². The van der Waals surface area contributed by atoms with Crippen LogP contribution in [0.1, 0.15) is 12.8 Å². The van der Waals surface area contributed by atoms with Crippen molar-refractivity contribution < 1.29 is 9.21 Å². The number of carbonyl (C=O) groups is 1. The highest BCUT2D eigenvalue weighted by atomic mass is 16.4. The van der Waals surface area contributed by atoms with Crippen LogP contribution < -0.4 is 10.2 Å². The summed E-state index contributed by atoms with van der Waals surface area (Å²) in [7, 11) is 5.74. The molecule has 146 valence electrons. The van der Waals surface area contributed by atoms with Gasteiger partial charge in [-0.15, -0.1) is 5.10 Å². The number of pyridine rings is 2. The van der Waals surface area contributed by atoms with E-state index in [1.54, 1.807) is 17.3 Å². The fraction of sp³-hybridized carbons (Fsp3) is 0.421. The van der Waals surface area contributed by atoms with Gasteiger partial charge in [-0.25, -0.2) is 4.98 Å². The highest BCUT2D eigenvalue weighted by Gasteiger charge is 2.23. The molecule has 9 nitrogen and oxygen atoms in total. The van der Waals surface area contributed by atoms with Crippen molar-refractivity contribution in [2.24, 2.45) is 5.92 Å². The lowest BCUT2D eigenvalue weighted by molar-refractivity contribution is -0.121. The van der Waals surface area contributed by atoms with Crippen LogP contribution in [0.3, 0.4) is 0 Å². The minimum atomic E-state index is 0.0294. The molecule has 1 aliphatic rings. The number of hydrogen-bond donors (Lipinski definition) is 1. The first-order valence-electron chi connectivity index (χ1n) is 9.26. The molecule has 3 aromatic heterocycles. The molecule has 9 heteroatoms. The van der Waals surface area contributed by atoms with Gasteiger partial charge in [-0.3, -0.25) is 9.78 Å². The summed E-state index contributed by atoms with van der Waals surface area (Å²) in [5.41, 5.74) is 0.576. The van der Waals surface area contributed by atoms with Gasteiger partial charge >= 0.3 is 6.01 Å². The molecule has 1 fully saturated rings. The summed E-state index contributed by atoms with van der Waals surface area (Å²) in [6.07, 6.45) is 5.15. The Morgan fingerprint density at radius 2 is 1.89 bits per heavy atom. The SMILES string of the molecule is CN1CCC(C(=O)Nc2cc3cc(-c4nnc(N(C)C)o4)ncc3cn2)CC1. The Hall–Kier alpha value is -3.07. The standard InChI is InChI=1S/C19H23N7O2/c1-25(2)19-24-23-18(28-19)15-8-13-9-16(21-11-14(13)10-20-15)22-17(27)12-4-6-26(3)7-5-12/h8-12H,4-7H2,1-3H3,(H,21,22,27). The van der Waals surface area contributed by atoms with Crippen molar-refractivity contribution in [3.8, 4) is 11.6 Å². The average molecular weight is 381 g/mol. The van der Waals surface area contributed by atoms with E-state index < -0.39 is 0 Å². The van der Waals surface area contributed by atoms with Crippen molar-refractivity contribution in [2.45, 2.75) is 12.8 Å². The quantitative estimate of drug-likeness (QED) is 0.733. The van der Waals surface area contributed by atoms with Gasteiger partial charge in [0.1, 0.15) is 11.5 Å². The van der Waals surface area contributed by atoms with Gasteiger partial charge in [-0.05, 0) is 50.5 Å². The van der Waals surface area contributed by atoms with Gasteiger partial charge in [0.05, 0.1) is 0 Å². The fourth-order valence-corrected chi connectivity index (χ4v) is 3.22. The number of likely N-dealkylation sites (tertiary alicyclic amines) is 1. The van der Waals surface area contributed by atoms with E-state index in [2.05, 4.69) is 37.4 Å². The molecule has 0 bridgehead atoms. The smallest absolute Gasteiger partial charge is 0.317 e. The van der Waals surface area contributed by atoms with Crippen LogP contribution in [0.2, 0.25) is 0 Å². The number of piperidine rings is 1. The van der Waals surface area contributed by atoms with E-state index in [9.17, 15) is 4.79 Å². The first-order chi connectivity index (χ1) is 13.5. The summed E-state index contributed by atoms with van der Waals surface area (Å²) in [6, 6.07) is 4.11. The molecule has 0 unspecified atom stereocenters. The number of carbonyl (C=O) groups excluding carboxylic acids is 1. The number of nitrogens with zero attached hydrogens (tertiary/aromatic N) is 6. The van der Waals surface area contributed by atoms with Crippen LogP contribution in [0.25, 0.3) is 22.4 Å². The van der Waals surface area contributed by atoms with E-state index >= 15 is 0 Å². The number of rotatable bonds is 4. The lowest BCUT2D eigenvalue weighted by atomic mass is 9.96. The van der Waals surface area contributed by atoms with E-state index in [1.165, 1.54) is 0 Å². The zero-order chi connectivity index (χ0) is 19.7. The number of amides is 1. The average Bonchev–Trinajstić information content (AvgIpc) is 3.18. The molecule has 4 rings (SSSR count). The van der Waals surface area contributed by atoms with Gasteiger partial charge in [-0.2, -0.15) is 0 Å². The number of fused-ring (bicyclic) bond motifs is 1. The maximum Gasteiger partial charge on any atom is 0.317 e. The molecular weight excluding hydrogens is 358 g/mol. The second-order valence-corrected chi connectivity index (χ2v) is 7.34. The number of aromatic nitrogens is 4. The molecule has 3 aromatic rings. The van der Waals surface area contributed by atoms with Gasteiger partial charge in [0.15, 0.2) is 0 Å². The van der Waals surface area contributed by atoms with Crippen molar-refractivity contribution in [3.63, 3.8) is 0 Å². The molecule has 1 aliphatic heterocycles. The van der Waals surface area contributed by atoms with Crippen LogP contribution in [-0.4, -0.2) is 65.2 Å². The maximum absolute atomic E-state index is 12.5. The first kappa shape index (κ1) is 18.3. The molecule has 0 atom stereocenters. The molecule has 0 saturated carbocycles. The normalized spacial score (nSPS) is 15.7. The Kier molecular flexibility index (Phi) is 4.91. The Bertz CT molecular complexity index is 993. The molecule has 0 spiro atoms. The van der Waals surface area contributed by atoms with Gasteiger partial charge in [0, 0.05) is 37.8 Å². The van der Waals surface area contributed by atoms with Crippen molar-refractivity contribution in [1.29, 1.82) is 0 Å². The number of anilines is 2. The summed E-state index contributed by atoms with van der Waals surface area (Å²) in [5, 5.41) is 12.7. The molecule has 0 radical (unpaired) electrons. The van der Waals surface area contributed by atoms with Crippen molar-refractivity contribution in [1.82, 2.24) is 25.1 Å². The van der Waals surface area contributed by atoms with E-state index in [0.717, 1.165) is 36.7 Å². The topological polar surface area (TPSA) is 100 Å². The molecule has 1 saturated heterocycles. The Labute approximate surface area is 162 Å². The minimum absolute atomic E-state index is 0.0294. The summed E-state index contributed by atoms with van der Waals surface area (Å²) >= 11 is 0. The highest BCUT2D eigenvalue weighted by Crippen LogP contribution is 2.25. The molecule has 28 heavy (non-hydrogen) atoms. The molecule has 4 heterocycles. The first-order valence-corrected chi connectivity index (χ1v) is 9.26. The van der Waals surface area contributed by atoms with Crippen LogP contribution in [0.4, 0.5) is 11.8 Å². The zero-order valence-electron chi connectivity index (χ0n) is 16.2. The van der Waals surface area contributed by atoms with Crippen molar-refractivity contribution >= 4 is 28.5 Å². The molecule has 1 N–H and O–H groups in total. The summed E-state index contributed by atoms with van der Waals surface area (Å²) in [5.74, 6) is 0.943. The van der Waals surface area contributed by atoms with Gasteiger partial charge in [0.25, 0.3) is 5.89 Å². The van der Waals surface area contributed by atoms with E-state index in [0.29, 0.717) is 23.4 Å². The third-order valence-electron chi connectivity index (χ3n) is 4.96. The van der Waals surface area contributed by atoms with Crippen LogP contribution >= 0.6 is 0 Å². The molecule has 1 amide bonds. The Morgan fingerprint density at radius 1 is 1.14 bits per heavy atom. The largest absolute Gasteiger partial charge is 0.402 e. The Balaban J connectivity index is 1.54. The van der Waals surface area contributed by atoms with E-state index in [-0.39, 0.29) is 11.8 Å². The Morgan fingerprint density at radius 3 is 2.61 bits per heavy atom. The van der Waals surface area contributed by atoms with Gasteiger partial charge in [-0.1, -0.05) is 5.10 Å². The second-order valence-electron chi connectivity index (χ2n) is 7.34. The highest BCUT2D eigenvalue weighted by molar-refractivity contribution is 5.94. The lowest BCUT2D eigenvalue weighted by Gasteiger charge is -2.27. The molecule has 0 aromatic carbocycles. The van der Waals surface area contributed by atoms with E-state index in [4.69, 9.17) is 4.42 Å². The third-order valence-corrected chi connectivity index (χ3v) is 4.96. The van der Waals surface area contributed by atoms with Gasteiger partial charge in [0.2, 0.25) is 5.91 Å². The molecular formula is C19H23N7O2. The second kappa shape index (κ2) is 7.51. The van der Waals surface area contributed by atoms with Crippen molar-refractivity contribution in [2.75, 3.05) is 44.4 Å². The number of nitrogens with one attached hydrogen (secondary N) is 1. The summed E-state index contributed by atoms with van der Waals surface area (Å²) in [6.45, 7) is 1.88. The summed E-state index contributed by atoms with van der Waals surface area (Å²) < 4.78 is 5.61. The lowest BCUT2D eigenvalue weighted by Crippen LogP contribution is -2.36. The third kappa shape index (κ3) is 3.79. The fourth-order valence-electron chi connectivity index (χ4n) is 3.22. The summed E-state index contributed by atoms with van der Waals surface area (Å²) in [4.78, 5) is 25.2. The maximum atomic E-state index is 12.5. The van der Waals surface area contributed by atoms with Crippen LogP contribution in [0.5, 0.6) is 0 Å². The number of hydrogen-bond acceptors (Lipinski definition) is 8. The van der Waals surface area contributed by atoms with Crippen LogP contribution in [0.15, 0.2) is 28.9 Å². The predicted molar refractivity (Wildman–Crippen MR) is 106 cm³/mol. The van der Waals surface area contributed by atoms with Crippen LogP contribution in [-0.2, 0) is 4.79 Å². The zero-order valence-corrected chi connectivity index (χ0v) is 16.2. The van der Waals surface area contributed by atoms with E-state index in [1.807, 2.05) is 26.2 Å². The van der Waals surface area contributed by atoms with Crippen molar-refractivity contribution in [3.05, 3.63) is 24.5 Å². The monoisotopic (exact) mass is 381 g/mol. The minimum Gasteiger partial charge on any atom is -0.402 e. The predicted octanol–water partition coefficient (Wildman–Crippen LogP) is 2.03.